The van der Waals surface area contributed by atoms with Crippen molar-refractivity contribution in [3.05, 3.63) is 131 Å². The summed E-state index contributed by atoms with van der Waals surface area (Å²) in [6.07, 6.45) is 1.58. The van der Waals surface area contributed by atoms with Gasteiger partial charge in [-0.2, -0.15) is 5.10 Å². The number of benzene rings is 4. The van der Waals surface area contributed by atoms with Gasteiger partial charge in [-0.3, -0.25) is 4.79 Å². The standard InChI is InChI=1S/C28H24N2O3/c31-28(25-14-8-3-9-15-25)30-29-19-24-16-17-26(32-20-22-10-4-1-5-11-22)27(18-24)33-21-23-12-6-2-7-13-23/h1-19H,20-21H2,(H,30,31). The lowest BCUT2D eigenvalue weighted by atomic mass is 10.2. The predicted octanol–water partition coefficient (Wildman–Crippen LogP) is 5.61. The summed E-state index contributed by atoms with van der Waals surface area (Å²) in [5.41, 5.74) is 5.99. The van der Waals surface area contributed by atoms with Crippen LogP contribution in [-0.4, -0.2) is 12.1 Å². The molecular weight excluding hydrogens is 412 g/mol. The fourth-order valence-corrected chi connectivity index (χ4v) is 3.13. The largest absolute Gasteiger partial charge is 0.485 e. The molecule has 4 aromatic rings. The number of nitrogens with zero attached hydrogens (tertiary/aromatic N) is 1. The molecule has 5 nitrogen and oxygen atoms in total. The zero-order valence-corrected chi connectivity index (χ0v) is 18.1. The minimum absolute atomic E-state index is 0.268. The molecule has 1 amide bonds. The van der Waals surface area contributed by atoms with E-state index in [1.165, 1.54) is 0 Å². The Morgan fingerprint density at radius 3 is 1.85 bits per heavy atom. The number of carbonyl (C=O) groups is 1. The van der Waals surface area contributed by atoms with Crippen LogP contribution in [0.4, 0.5) is 0 Å². The van der Waals surface area contributed by atoms with Crippen molar-refractivity contribution in [2.24, 2.45) is 5.10 Å². The Labute approximate surface area is 193 Å². The van der Waals surface area contributed by atoms with Crippen molar-refractivity contribution in [1.29, 1.82) is 0 Å². The first-order chi connectivity index (χ1) is 16.3. The first kappa shape index (κ1) is 21.8. The molecule has 0 aromatic heterocycles. The van der Waals surface area contributed by atoms with Gasteiger partial charge in [-0.15, -0.1) is 0 Å². The number of nitrogens with one attached hydrogen (secondary N) is 1. The number of amides is 1. The Hall–Kier alpha value is -4.38. The second kappa shape index (κ2) is 11.3. The van der Waals surface area contributed by atoms with Crippen LogP contribution in [0.2, 0.25) is 0 Å². The van der Waals surface area contributed by atoms with E-state index in [2.05, 4.69) is 10.5 Å². The van der Waals surface area contributed by atoms with E-state index in [4.69, 9.17) is 9.47 Å². The number of rotatable bonds is 9. The van der Waals surface area contributed by atoms with Crippen molar-refractivity contribution in [2.75, 3.05) is 0 Å². The van der Waals surface area contributed by atoms with Crippen LogP contribution in [0, 0.1) is 0 Å². The molecule has 0 saturated heterocycles. The van der Waals surface area contributed by atoms with Gasteiger partial charge in [0.25, 0.3) is 5.91 Å². The second-order valence-corrected chi connectivity index (χ2v) is 7.32. The first-order valence-corrected chi connectivity index (χ1v) is 10.6. The van der Waals surface area contributed by atoms with Gasteiger partial charge in [0.05, 0.1) is 6.21 Å². The third kappa shape index (κ3) is 6.55. The molecule has 0 aliphatic heterocycles. The minimum atomic E-state index is -0.268. The molecule has 1 N–H and O–H groups in total. The summed E-state index contributed by atoms with van der Waals surface area (Å²) >= 11 is 0. The van der Waals surface area contributed by atoms with Crippen LogP contribution in [0.25, 0.3) is 0 Å². The van der Waals surface area contributed by atoms with Gasteiger partial charge in [-0.1, -0.05) is 78.9 Å². The molecule has 0 atom stereocenters. The highest BCUT2D eigenvalue weighted by atomic mass is 16.5. The van der Waals surface area contributed by atoms with E-state index in [0.29, 0.717) is 30.3 Å². The quantitative estimate of drug-likeness (QED) is 0.274. The number of hydrazone groups is 1. The topological polar surface area (TPSA) is 59.9 Å². The maximum absolute atomic E-state index is 12.2. The van der Waals surface area contributed by atoms with Crippen LogP contribution in [0.5, 0.6) is 11.5 Å². The maximum Gasteiger partial charge on any atom is 0.271 e. The molecule has 0 fully saturated rings. The summed E-state index contributed by atoms with van der Waals surface area (Å²) in [5.74, 6) is 0.976. The Kier molecular flexibility index (Phi) is 7.48. The van der Waals surface area contributed by atoms with Crippen LogP contribution < -0.4 is 14.9 Å². The molecule has 0 heterocycles. The Morgan fingerprint density at radius 1 is 0.697 bits per heavy atom. The summed E-state index contributed by atoms with van der Waals surface area (Å²) in [5, 5.41) is 4.08. The number of hydrogen-bond acceptors (Lipinski definition) is 4. The summed E-state index contributed by atoms with van der Waals surface area (Å²) in [6, 6.07) is 34.4. The Balaban J connectivity index is 1.47. The molecule has 33 heavy (non-hydrogen) atoms. The zero-order chi connectivity index (χ0) is 22.7. The lowest BCUT2D eigenvalue weighted by Crippen LogP contribution is -2.17. The van der Waals surface area contributed by atoms with Gasteiger partial charge in [-0.25, -0.2) is 5.43 Å². The van der Waals surface area contributed by atoms with Crippen molar-refractivity contribution in [2.45, 2.75) is 13.2 Å². The highest BCUT2D eigenvalue weighted by molar-refractivity contribution is 5.94. The molecule has 4 aromatic carbocycles. The van der Waals surface area contributed by atoms with Crippen molar-refractivity contribution in [3.63, 3.8) is 0 Å². The molecule has 4 rings (SSSR count). The van der Waals surface area contributed by atoms with Crippen LogP contribution >= 0.6 is 0 Å². The fraction of sp³-hybridized carbons (Fsp3) is 0.0714. The van der Waals surface area contributed by atoms with Crippen molar-refractivity contribution < 1.29 is 14.3 Å². The molecule has 0 unspecified atom stereocenters. The van der Waals surface area contributed by atoms with Crippen LogP contribution in [0.15, 0.2) is 114 Å². The Morgan fingerprint density at radius 2 is 1.24 bits per heavy atom. The molecule has 0 saturated carbocycles. The Bertz CT molecular complexity index is 1190. The van der Waals surface area contributed by atoms with Gasteiger partial charge in [0.2, 0.25) is 0 Å². The average molecular weight is 437 g/mol. The highest BCUT2D eigenvalue weighted by Crippen LogP contribution is 2.29. The second-order valence-electron chi connectivity index (χ2n) is 7.32. The SMILES string of the molecule is O=C(NN=Cc1ccc(OCc2ccccc2)c(OCc2ccccc2)c1)c1ccccc1. The van der Waals surface area contributed by atoms with Gasteiger partial charge in [0, 0.05) is 5.56 Å². The van der Waals surface area contributed by atoms with E-state index >= 15 is 0 Å². The molecule has 0 aliphatic rings. The van der Waals surface area contributed by atoms with Gasteiger partial charge < -0.3 is 9.47 Å². The summed E-state index contributed by atoms with van der Waals surface area (Å²) in [4.78, 5) is 12.2. The fourth-order valence-electron chi connectivity index (χ4n) is 3.13. The smallest absolute Gasteiger partial charge is 0.271 e. The van der Waals surface area contributed by atoms with E-state index in [1.807, 2.05) is 97.1 Å². The normalized spacial score (nSPS) is 10.7. The van der Waals surface area contributed by atoms with E-state index in [9.17, 15) is 4.79 Å². The van der Waals surface area contributed by atoms with Crippen LogP contribution in [0.3, 0.4) is 0 Å². The monoisotopic (exact) mass is 436 g/mol. The van der Waals surface area contributed by atoms with Gasteiger partial charge >= 0.3 is 0 Å². The molecule has 5 heteroatoms. The van der Waals surface area contributed by atoms with E-state index in [0.717, 1.165) is 16.7 Å². The predicted molar refractivity (Wildman–Crippen MR) is 129 cm³/mol. The van der Waals surface area contributed by atoms with E-state index < -0.39 is 0 Å². The molecule has 0 spiro atoms. The highest BCUT2D eigenvalue weighted by Gasteiger charge is 2.08. The van der Waals surface area contributed by atoms with Crippen molar-refractivity contribution >= 4 is 12.1 Å². The molecule has 164 valence electrons. The van der Waals surface area contributed by atoms with Crippen LogP contribution in [0.1, 0.15) is 27.0 Å². The number of ether oxygens (including phenoxy) is 2. The zero-order valence-electron chi connectivity index (χ0n) is 18.1. The van der Waals surface area contributed by atoms with E-state index in [1.54, 1.807) is 18.3 Å². The van der Waals surface area contributed by atoms with Crippen LogP contribution in [-0.2, 0) is 13.2 Å². The summed E-state index contributed by atoms with van der Waals surface area (Å²) in [6.45, 7) is 0.844. The number of hydrogen-bond donors (Lipinski definition) is 1. The number of carbonyl (C=O) groups excluding carboxylic acids is 1. The maximum atomic E-state index is 12.2. The minimum Gasteiger partial charge on any atom is -0.485 e. The average Bonchev–Trinajstić information content (AvgIpc) is 2.88. The van der Waals surface area contributed by atoms with E-state index in [-0.39, 0.29) is 5.91 Å². The summed E-state index contributed by atoms with van der Waals surface area (Å²) < 4.78 is 12.1. The van der Waals surface area contributed by atoms with Crippen molar-refractivity contribution in [3.8, 4) is 11.5 Å². The third-order valence-electron chi connectivity index (χ3n) is 4.86. The summed E-state index contributed by atoms with van der Waals surface area (Å²) in [7, 11) is 0. The van der Waals surface area contributed by atoms with Crippen molar-refractivity contribution in [1.82, 2.24) is 5.43 Å². The molecular formula is C28H24N2O3. The lowest BCUT2D eigenvalue weighted by Gasteiger charge is -2.14. The first-order valence-electron chi connectivity index (χ1n) is 10.6. The third-order valence-corrected chi connectivity index (χ3v) is 4.86. The lowest BCUT2D eigenvalue weighted by molar-refractivity contribution is 0.0955. The molecule has 0 radical (unpaired) electrons. The van der Waals surface area contributed by atoms with Gasteiger partial charge in [-0.05, 0) is 47.0 Å². The van der Waals surface area contributed by atoms with Gasteiger partial charge in [0.15, 0.2) is 11.5 Å². The van der Waals surface area contributed by atoms with Gasteiger partial charge in [0.1, 0.15) is 13.2 Å². The molecule has 0 aliphatic carbocycles. The molecule has 0 bridgehead atoms.